The predicted molar refractivity (Wildman–Crippen MR) is 120 cm³/mol. The highest BCUT2D eigenvalue weighted by Crippen LogP contribution is 2.16. The minimum atomic E-state index is 0.446. The Labute approximate surface area is 181 Å². The largest absolute Gasteiger partial charge is 0.383 e. The summed E-state index contributed by atoms with van der Waals surface area (Å²) in [5.41, 5.74) is 0. The molecule has 0 saturated carbocycles. The fourth-order valence-electron chi connectivity index (χ4n) is 4.36. The van der Waals surface area contributed by atoms with Crippen LogP contribution in [-0.4, -0.2) is 95.6 Å². The topological polar surface area (TPSA) is 82.8 Å². The highest BCUT2D eigenvalue weighted by molar-refractivity contribution is 5.80. The highest BCUT2D eigenvalue weighted by Gasteiger charge is 2.24. The highest BCUT2D eigenvalue weighted by atomic mass is 16.5. The molecule has 9 nitrogen and oxygen atoms in total. The second-order valence-electron chi connectivity index (χ2n) is 8.45. The summed E-state index contributed by atoms with van der Waals surface area (Å²) < 4.78 is 7.22. The zero-order valence-electron chi connectivity index (χ0n) is 19.2. The summed E-state index contributed by atoms with van der Waals surface area (Å²) in [5, 5.41) is 15.7. The van der Waals surface area contributed by atoms with Gasteiger partial charge in [0.15, 0.2) is 11.8 Å². The van der Waals surface area contributed by atoms with Crippen LogP contribution in [0.5, 0.6) is 0 Å². The average molecular weight is 421 g/mol. The summed E-state index contributed by atoms with van der Waals surface area (Å²) in [6.07, 6.45) is 4.79. The summed E-state index contributed by atoms with van der Waals surface area (Å²) in [6.45, 7) is 12.0. The fourth-order valence-corrected chi connectivity index (χ4v) is 4.36. The first-order chi connectivity index (χ1) is 14.6. The van der Waals surface area contributed by atoms with E-state index in [4.69, 9.17) is 9.73 Å². The first-order valence-electron chi connectivity index (χ1n) is 11.5. The van der Waals surface area contributed by atoms with Crippen LogP contribution >= 0.6 is 0 Å². The number of hydrogen-bond acceptors (Lipinski definition) is 6. The Kier molecular flexibility index (Phi) is 8.89. The molecule has 1 unspecified atom stereocenters. The number of aryl methyl sites for hydroxylation is 1. The number of methoxy groups -OCH3 is 1. The number of nitrogens with zero attached hydrogens (tertiary/aromatic N) is 6. The molecule has 30 heavy (non-hydrogen) atoms. The number of nitrogens with one attached hydrogen (secondary N) is 2. The molecule has 2 saturated heterocycles. The molecule has 0 amide bonds. The Balaban J connectivity index is 1.57. The summed E-state index contributed by atoms with van der Waals surface area (Å²) >= 11 is 0. The van der Waals surface area contributed by atoms with E-state index >= 15 is 0 Å². The van der Waals surface area contributed by atoms with E-state index in [9.17, 15) is 0 Å². The van der Waals surface area contributed by atoms with Gasteiger partial charge in [-0.15, -0.1) is 10.2 Å². The summed E-state index contributed by atoms with van der Waals surface area (Å²) in [7, 11) is 3.76. The second kappa shape index (κ2) is 11.6. The first-order valence-corrected chi connectivity index (χ1v) is 11.5. The summed E-state index contributed by atoms with van der Waals surface area (Å²) in [5.74, 6) is 2.70. The van der Waals surface area contributed by atoms with E-state index < -0.39 is 0 Å². The lowest BCUT2D eigenvalue weighted by Gasteiger charge is -2.33. The number of ether oxygens (including phenoxy) is 1. The van der Waals surface area contributed by atoms with Gasteiger partial charge in [0.2, 0.25) is 0 Å². The predicted octanol–water partition coefficient (Wildman–Crippen LogP) is 0.754. The van der Waals surface area contributed by atoms with Crippen LogP contribution in [0.1, 0.15) is 44.3 Å². The zero-order valence-corrected chi connectivity index (χ0v) is 19.2. The molecule has 2 aliphatic rings. The van der Waals surface area contributed by atoms with Crippen LogP contribution in [0.25, 0.3) is 0 Å². The van der Waals surface area contributed by atoms with Crippen LogP contribution in [0, 0.1) is 6.92 Å². The molecule has 0 aliphatic carbocycles. The molecule has 2 N–H and O–H groups in total. The third kappa shape index (κ3) is 6.39. The third-order valence-corrected chi connectivity index (χ3v) is 6.51. The molecular weight excluding hydrogens is 380 g/mol. The van der Waals surface area contributed by atoms with Crippen molar-refractivity contribution in [1.29, 1.82) is 0 Å². The smallest absolute Gasteiger partial charge is 0.191 e. The molecular formula is C21H40N8O. The van der Waals surface area contributed by atoms with E-state index in [1.54, 1.807) is 7.11 Å². The molecule has 1 atom stereocenters. The maximum Gasteiger partial charge on any atom is 0.191 e. The van der Waals surface area contributed by atoms with Crippen molar-refractivity contribution in [2.24, 2.45) is 12.0 Å². The average Bonchev–Trinajstić information content (AvgIpc) is 3.35. The van der Waals surface area contributed by atoms with Gasteiger partial charge in [-0.05, 0) is 45.7 Å². The van der Waals surface area contributed by atoms with E-state index in [2.05, 4.69) is 37.6 Å². The van der Waals surface area contributed by atoms with Crippen molar-refractivity contribution in [2.75, 3.05) is 53.0 Å². The van der Waals surface area contributed by atoms with E-state index in [1.165, 1.54) is 19.4 Å². The molecule has 0 bridgehead atoms. The monoisotopic (exact) mass is 420 g/mol. The van der Waals surface area contributed by atoms with Crippen LogP contribution < -0.4 is 10.6 Å². The van der Waals surface area contributed by atoms with Crippen molar-refractivity contribution in [3.05, 3.63) is 11.6 Å². The summed E-state index contributed by atoms with van der Waals surface area (Å²) in [4.78, 5) is 9.90. The molecule has 170 valence electrons. The second-order valence-corrected chi connectivity index (χ2v) is 8.45. The number of guanidine groups is 1. The van der Waals surface area contributed by atoms with Crippen molar-refractivity contribution in [1.82, 2.24) is 35.2 Å². The van der Waals surface area contributed by atoms with Crippen molar-refractivity contribution in [3.63, 3.8) is 0 Å². The van der Waals surface area contributed by atoms with Crippen LogP contribution in [-0.2, 0) is 18.3 Å². The lowest BCUT2D eigenvalue weighted by atomic mass is 10.1. The standard InChI is InChI=1S/C21H40N8O/c1-5-29-10-6-7-19(29)15-22-21(23-16-20-26-25-17(2)27(20)3)24-18-8-11-28(12-9-18)13-14-30-4/h18-19H,5-16H2,1-4H3,(H2,22,23,24). The van der Waals surface area contributed by atoms with Crippen LogP contribution in [0.2, 0.25) is 0 Å². The van der Waals surface area contributed by atoms with Gasteiger partial charge in [0.05, 0.1) is 6.61 Å². The first kappa shape index (κ1) is 23.0. The maximum absolute atomic E-state index is 5.22. The minimum absolute atomic E-state index is 0.446. The van der Waals surface area contributed by atoms with Crippen LogP contribution in [0.15, 0.2) is 4.99 Å². The van der Waals surface area contributed by atoms with Crippen molar-refractivity contribution >= 4 is 5.96 Å². The Morgan fingerprint density at radius 3 is 2.67 bits per heavy atom. The number of likely N-dealkylation sites (N-methyl/N-ethyl adjacent to an activating group) is 1. The molecule has 0 aromatic carbocycles. The van der Waals surface area contributed by atoms with Gasteiger partial charge < -0.3 is 24.8 Å². The molecule has 2 aliphatic heterocycles. The number of likely N-dealkylation sites (tertiary alicyclic amines) is 2. The molecule has 1 aromatic heterocycles. The van der Waals surface area contributed by atoms with Gasteiger partial charge in [-0.2, -0.15) is 0 Å². The normalized spacial score (nSPS) is 22.0. The number of piperidine rings is 1. The quantitative estimate of drug-likeness (QED) is 0.451. The maximum atomic E-state index is 5.22. The summed E-state index contributed by atoms with van der Waals surface area (Å²) in [6, 6.07) is 1.04. The minimum Gasteiger partial charge on any atom is -0.383 e. The Bertz CT molecular complexity index is 668. The number of hydrogen-bond donors (Lipinski definition) is 2. The van der Waals surface area contributed by atoms with Crippen molar-refractivity contribution in [3.8, 4) is 0 Å². The number of aromatic nitrogens is 3. The molecule has 0 spiro atoms. The molecule has 3 rings (SSSR count). The van der Waals surface area contributed by atoms with Crippen LogP contribution in [0.4, 0.5) is 0 Å². The lowest BCUT2D eigenvalue weighted by Crippen LogP contribution is -2.51. The van der Waals surface area contributed by atoms with E-state index in [0.29, 0.717) is 18.6 Å². The van der Waals surface area contributed by atoms with Crippen molar-refractivity contribution in [2.45, 2.75) is 58.2 Å². The number of aliphatic imine (C=N–C) groups is 1. The third-order valence-electron chi connectivity index (χ3n) is 6.51. The Morgan fingerprint density at radius 2 is 2.00 bits per heavy atom. The van der Waals surface area contributed by atoms with E-state index in [-0.39, 0.29) is 0 Å². The number of rotatable bonds is 9. The van der Waals surface area contributed by atoms with Crippen molar-refractivity contribution < 1.29 is 4.74 Å². The Hall–Kier alpha value is -1.71. The van der Waals surface area contributed by atoms with Gasteiger partial charge >= 0.3 is 0 Å². The molecule has 9 heteroatoms. The van der Waals surface area contributed by atoms with Gasteiger partial charge in [-0.25, -0.2) is 4.99 Å². The molecule has 3 heterocycles. The van der Waals surface area contributed by atoms with E-state index in [1.807, 2.05) is 18.5 Å². The Morgan fingerprint density at radius 1 is 1.20 bits per heavy atom. The van der Waals surface area contributed by atoms with E-state index in [0.717, 1.165) is 69.8 Å². The van der Waals surface area contributed by atoms with Gasteiger partial charge in [0.1, 0.15) is 12.4 Å². The van der Waals surface area contributed by atoms with Gasteiger partial charge in [-0.3, -0.25) is 4.90 Å². The molecule has 2 fully saturated rings. The molecule has 0 radical (unpaired) electrons. The lowest BCUT2D eigenvalue weighted by molar-refractivity contribution is 0.128. The van der Waals surface area contributed by atoms with Gasteiger partial charge in [0, 0.05) is 52.4 Å². The van der Waals surface area contributed by atoms with Crippen LogP contribution in [0.3, 0.4) is 0 Å². The van der Waals surface area contributed by atoms with Gasteiger partial charge in [0.25, 0.3) is 0 Å². The van der Waals surface area contributed by atoms with Gasteiger partial charge in [-0.1, -0.05) is 6.92 Å². The SMILES string of the molecule is CCN1CCCC1CNC(=NCc1nnc(C)n1C)NC1CCN(CCOC)CC1. The molecule has 1 aromatic rings. The zero-order chi connectivity index (χ0) is 21.3. The fraction of sp³-hybridized carbons (Fsp3) is 0.857.